The van der Waals surface area contributed by atoms with Gasteiger partial charge in [-0.2, -0.15) is 0 Å². The third-order valence-electron chi connectivity index (χ3n) is 4.18. The summed E-state index contributed by atoms with van der Waals surface area (Å²) in [5.41, 5.74) is 1.44. The molecule has 0 saturated carbocycles. The van der Waals surface area contributed by atoms with E-state index in [1.807, 2.05) is 24.3 Å². The number of Topliss-reactive ketones (excluding diaryl/α,β-unsaturated/α-hetero) is 1. The highest BCUT2D eigenvalue weighted by Gasteiger charge is 2.07. The number of anilines is 1. The standard InChI is InChI=1S/C22H26INO3/c1-2-3-4-5-6-7-21(25)17-8-14-20(15-9-17)27-16-22(26)24-19-12-10-18(23)11-13-19/h8-15H,2-7,16H2,1H3,(H,24,26). The number of benzene rings is 2. The lowest BCUT2D eigenvalue weighted by Gasteiger charge is -2.08. The first kappa shape index (κ1) is 21.4. The van der Waals surface area contributed by atoms with Crippen molar-refractivity contribution in [3.05, 3.63) is 57.7 Å². The second-order valence-corrected chi connectivity index (χ2v) is 7.70. The van der Waals surface area contributed by atoms with Gasteiger partial charge in [0.2, 0.25) is 0 Å². The van der Waals surface area contributed by atoms with Crippen LogP contribution in [0.2, 0.25) is 0 Å². The van der Waals surface area contributed by atoms with Gasteiger partial charge in [0.05, 0.1) is 0 Å². The van der Waals surface area contributed by atoms with Crippen LogP contribution in [0.1, 0.15) is 55.8 Å². The van der Waals surface area contributed by atoms with Crippen LogP contribution in [-0.2, 0) is 4.79 Å². The number of ketones is 1. The maximum absolute atomic E-state index is 12.2. The van der Waals surface area contributed by atoms with Crippen molar-refractivity contribution in [2.75, 3.05) is 11.9 Å². The molecule has 0 aromatic heterocycles. The van der Waals surface area contributed by atoms with Gasteiger partial charge < -0.3 is 10.1 Å². The SMILES string of the molecule is CCCCCCCC(=O)c1ccc(OCC(=O)Nc2ccc(I)cc2)cc1. The number of nitrogens with one attached hydrogen (secondary N) is 1. The summed E-state index contributed by atoms with van der Waals surface area (Å²) in [4.78, 5) is 24.1. The van der Waals surface area contributed by atoms with E-state index < -0.39 is 0 Å². The van der Waals surface area contributed by atoms with Gasteiger partial charge in [0, 0.05) is 21.2 Å². The Morgan fingerprint density at radius 2 is 1.59 bits per heavy atom. The van der Waals surface area contributed by atoms with Gasteiger partial charge in [-0.3, -0.25) is 9.59 Å². The van der Waals surface area contributed by atoms with Crippen LogP contribution in [0.15, 0.2) is 48.5 Å². The second kappa shape index (κ2) is 11.7. The zero-order chi connectivity index (χ0) is 19.5. The van der Waals surface area contributed by atoms with E-state index in [0.29, 0.717) is 17.7 Å². The Balaban J connectivity index is 1.73. The fourth-order valence-corrected chi connectivity index (χ4v) is 3.01. The molecule has 2 aromatic carbocycles. The molecule has 0 spiro atoms. The third kappa shape index (κ3) is 8.12. The van der Waals surface area contributed by atoms with Gasteiger partial charge in [0.15, 0.2) is 12.4 Å². The van der Waals surface area contributed by atoms with E-state index in [-0.39, 0.29) is 18.3 Å². The van der Waals surface area contributed by atoms with Crippen LogP contribution in [-0.4, -0.2) is 18.3 Å². The van der Waals surface area contributed by atoms with E-state index in [0.717, 1.165) is 22.1 Å². The van der Waals surface area contributed by atoms with Crippen LogP contribution in [0.5, 0.6) is 5.75 Å². The summed E-state index contributed by atoms with van der Waals surface area (Å²) in [6.45, 7) is 2.11. The van der Waals surface area contributed by atoms with Crippen molar-refractivity contribution in [1.29, 1.82) is 0 Å². The molecule has 0 radical (unpaired) electrons. The first-order valence-electron chi connectivity index (χ1n) is 9.40. The molecule has 1 N–H and O–H groups in total. The number of unbranched alkanes of at least 4 members (excludes halogenated alkanes) is 4. The van der Waals surface area contributed by atoms with E-state index in [9.17, 15) is 9.59 Å². The van der Waals surface area contributed by atoms with Crippen molar-refractivity contribution in [2.24, 2.45) is 0 Å². The number of carbonyl (C=O) groups is 2. The third-order valence-corrected chi connectivity index (χ3v) is 4.90. The molecular formula is C22H26INO3. The molecule has 0 heterocycles. The van der Waals surface area contributed by atoms with E-state index in [2.05, 4.69) is 34.8 Å². The number of carbonyl (C=O) groups excluding carboxylic acids is 2. The van der Waals surface area contributed by atoms with Crippen molar-refractivity contribution in [3.63, 3.8) is 0 Å². The van der Waals surface area contributed by atoms with E-state index >= 15 is 0 Å². The number of hydrogen-bond donors (Lipinski definition) is 1. The molecule has 2 rings (SSSR count). The minimum absolute atomic E-state index is 0.0727. The van der Waals surface area contributed by atoms with Crippen LogP contribution in [0.25, 0.3) is 0 Å². The molecule has 144 valence electrons. The minimum atomic E-state index is -0.219. The van der Waals surface area contributed by atoms with E-state index in [4.69, 9.17) is 4.74 Å². The predicted molar refractivity (Wildman–Crippen MR) is 117 cm³/mol. The molecule has 5 heteroatoms. The number of amides is 1. The molecule has 1 amide bonds. The molecule has 0 aliphatic carbocycles. The summed E-state index contributed by atoms with van der Waals surface area (Å²) in [5.74, 6) is 0.519. The molecule has 0 unspecified atom stereocenters. The molecule has 0 atom stereocenters. The average molecular weight is 479 g/mol. The minimum Gasteiger partial charge on any atom is -0.484 e. The quantitative estimate of drug-likeness (QED) is 0.250. The van der Waals surface area contributed by atoms with Gasteiger partial charge in [-0.15, -0.1) is 0 Å². The number of hydrogen-bond acceptors (Lipinski definition) is 3. The Hall–Kier alpha value is -1.89. The number of halogens is 1. The average Bonchev–Trinajstić information content (AvgIpc) is 2.68. The lowest BCUT2D eigenvalue weighted by molar-refractivity contribution is -0.118. The Kier molecular flexibility index (Phi) is 9.31. The lowest BCUT2D eigenvalue weighted by Crippen LogP contribution is -2.20. The maximum Gasteiger partial charge on any atom is 0.262 e. The molecule has 2 aromatic rings. The zero-order valence-electron chi connectivity index (χ0n) is 15.7. The Labute approximate surface area is 174 Å². The summed E-state index contributed by atoms with van der Waals surface area (Å²) in [5, 5.41) is 2.79. The Bertz CT molecular complexity index is 726. The molecule has 27 heavy (non-hydrogen) atoms. The topological polar surface area (TPSA) is 55.4 Å². The normalized spacial score (nSPS) is 10.4. The molecular weight excluding hydrogens is 453 g/mol. The Morgan fingerprint density at radius 3 is 2.26 bits per heavy atom. The summed E-state index contributed by atoms with van der Waals surface area (Å²) in [7, 11) is 0. The van der Waals surface area contributed by atoms with Crippen molar-refractivity contribution in [2.45, 2.75) is 45.4 Å². The largest absolute Gasteiger partial charge is 0.484 e. The predicted octanol–water partition coefficient (Wildman–Crippen LogP) is 5.85. The highest BCUT2D eigenvalue weighted by molar-refractivity contribution is 14.1. The smallest absolute Gasteiger partial charge is 0.262 e. The highest BCUT2D eigenvalue weighted by Crippen LogP contribution is 2.16. The van der Waals surface area contributed by atoms with Gasteiger partial charge in [-0.05, 0) is 77.5 Å². The summed E-state index contributed by atoms with van der Waals surface area (Å²) >= 11 is 2.21. The highest BCUT2D eigenvalue weighted by atomic mass is 127. The fraction of sp³-hybridized carbons (Fsp3) is 0.364. The first-order valence-corrected chi connectivity index (χ1v) is 10.5. The molecule has 0 saturated heterocycles. The van der Waals surface area contributed by atoms with Gasteiger partial charge in [0.1, 0.15) is 5.75 Å². The van der Waals surface area contributed by atoms with Crippen LogP contribution < -0.4 is 10.1 Å². The molecule has 4 nitrogen and oxygen atoms in total. The number of rotatable bonds is 11. The van der Waals surface area contributed by atoms with Crippen molar-refractivity contribution in [1.82, 2.24) is 0 Å². The first-order chi connectivity index (χ1) is 13.1. The van der Waals surface area contributed by atoms with Crippen molar-refractivity contribution < 1.29 is 14.3 Å². The fourth-order valence-electron chi connectivity index (χ4n) is 2.65. The summed E-state index contributed by atoms with van der Waals surface area (Å²) in [6.07, 6.45) is 6.27. The lowest BCUT2D eigenvalue weighted by atomic mass is 10.0. The number of ether oxygens (including phenoxy) is 1. The van der Waals surface area contributed by atoms with E-state index in [1.165, 1.54) is 19.3 Å². The molecule has 0 aliphatic heterocycles. The van der Waals surface area contributed by atoms with Crippen LogP contribution in [0.4, 0.5) is 5.69 Å². The summed E-state index contributed by atoms with van der Waals surface area (Å²) in [6, 6.07) is 14.6. The summed E-state index contributed by atoms with van der Waals surface area (Å²) < 4.78 is 6.61. The molecule has 0 fully saturated rings. The second-order valence-electron chi connectivity index (χ2n) is 6.46. The van der Waals surface area contributed by atoms with Crippen LogP contribution in [0.3, 0.4) is 0 Å². The molecule has 0 bridgehead atoms. The van der Waals surface area contributed by atoms with Crippen molar-refractivity contribution >= 4 is 40.0 Å². The maximum atomic E-state index is 12.2. The van der Waals surface area contributed by atoms with Gasteiger partial charge in [-0.1, -0.05) is 32.6 Å². The molecule has 0 aliphatic rings. The van der Waals surface area contributed by atoms with Crippen LogP contribution >= 0.6 is 22.6 Å². The van der Waals surface area contributed by atoms with Crippen molar-refractivity contribution in [3.8, 4) is 5.75 Å². The Morgan fingerprint density at radius 1 is 0.926 bits per heavy atom. The zero-order valence-corrected chi connectivity index (χ0v) is 17.8. The monoisotopic (exact) mass is 479 g/mol. The van der Waals surface area contributed by atoms with Gasteiger partial charge >= 0.3 is 0 Å². The van der Waals surface area contributed by atoms with Gasteiger partial charge in [-0.25, -0.2) is 0 Å². The van der Waals surface area contributed by atoms with Crippen LogP contribution in [0, 0.1) is 3.57 Å². The van der Waals surface area contributed by atoms with Gasteiger partial charge in [0.25, 0.3) is 5.91 Å². The van der Waals surface area contributed by atoms with E-state index in [1.54, 1.807) is 24.3 Å².